The van der Waals surface area contributed by atoms with Crippen LogP contribution in [0.25, 0.3) is 0 Å². The molecular formula is C18H17ClN2O2. The lowest BCUT2D eigenvalue weighted by Crippen LogP contribution is -2.32. The van der Waals surface area contributed by atoms with Gasteiger partial charge in [0.2, 0.25) is 0 Å². The molecule has 2 rings (SSSR count). The number of rotatable bonds is 6. The third kappa shape index (κ3) is 5.01. The largest absolute Gasteiger partial charge is 0.484 e. The first-order chi connectivity index (χ1) is 11.1. The zero-order chi connectivity index (χ0) is 16.7. The highest BCUT2D eigenvalue weighted by Crippen LogP contribution is 2.19. The second-order valence-electron chi connectivity index (χ2n) is 5.00. The Morgan fingerprint density at radius 1 is 1.22 bits per heavy atom. The van der Waals surface area contributed by atoms with Gasteiger partial charge in [0, 0.05) is 5.02 Å². The molecule has 118 valence electrons. The van der Waals surface area contributed by atoms with E-state index in [1.54, 1.807) is 36.4 Å². The van der Waals surface area contributed by atoms with E-state index in [0.29, 0.717) is 16.3 Å². The first kappa shape index (κ1) is 16.9. The van der Waals surface area contributed by atoms with Gasteiger partial charge in [-0.25, -0.2) is 0 Å². The maximum atomic E-state index is 12.0. The Morgan fingerprint density at radius 3 is 2.43 bits per heavy atom. The van der Waals surface area contributed by atoms with E-state index < -0.39 is 0 Å². The number of carbonyl (C=O) groups excluding carboxylic acids is 1. The lowest BCUT2D eigenvalue weighted by atomic mass is 10.0. The number of carbonyl (C=O) groups is 1. The summed E-state index contributed by atoms with van der Waals surface area (Å²) in [5.74, 6) is 0.356. The van der Waals surface area contributed by atoms with Crippen molar-refractivity contribution in [2.24, 2.45) is 0 Å². The predicted octanol–water partition coefficient (Wildman–Crippen LogP) is 3.86. The Hall–Kier alpha value is -2.51. The number of halogens is 1. The van der Waals surface area contributed by atoms with Gasteiger partial charge in [-0.3, -0.25) is 4.79 Å². The summed E-state index contributed by atoms with van der Waals surface area (Å²) in [6.45, 7) is 1.93. The molecule has 0 aliphatic heterocycles. The number of hydrogen-bond acceptors (Lipinski definition) is 3. The summed E-state index contributed by atoms with van der Waals surface area (Å²) in [5.41, 5.74) is 1.55. The molecule has 1 amide bonds. The molecular weight excluding hydrogens is 312 g/mol. The van der Waals surface area contributed by atoms with Gasteiger partial charge >= 0.3 is 0 Å². The van der Waals surface area contributed by atoms with Gasteiger partial charge in [-0.1, -0.05) is 30.7 Å². The van der Waals surface area contributed by atoms with Crippen molar-refractivity contribution in [1.29, 1.82) is 5.26 Å². The third-order valence-corrected chi connectivity index (χ3v) is 3.62. The molecule has 0 saturated carbocycles. The predicted molar refractivity (Wildman–Crippen MR) is 89.3 cm³/mol. The van der Waals surface area contributed by atoms with E-state index in [0.717, 1.165) is 12.0 Å². The van der Waals surface area contributed by atoms with Crippen molar-refractivity contribution in [3.8, 4) is 11.8 Å². The van der Waals surface area contributed by atoms with Crippen LogP contribution in [0, 0.1) is 11.3 Å². The van der Waals surface area contributed by atoms with Gasteiger partial charge in [-0.2, -0.15) is 5.26 Å². The molecule has 0 fully saturated rings. The highest BCUT2D eigenvalue weighted by Gasteiger charge is 2.13. The topological polar surface area (TPSA) is 62.1 Å². The Labute approximate surface area is 140 Å². The Morgan fingerprint density at radius 2 is 1.87 bits per heavy atom. The molecule has 0 heterocycles. The quantitative estimate of drug-likeness (QED) is 0.875. The standard InChI is InChI=1S/C18H17ClN2O2/c1-2-17(14-5-7-15(19)8-6-14)21-18(22)12-23-16-9-3-13(11-20)4-10-16/h3-10,17H,2,12H2,1H3,(H,21,22). The summed E-state index contributed by atoms with van der Waals surface area (Å²) in [6, 6.07) is 16.0. The molecule has 2 aromatic rings. The minimum absolute atomic E-state index is 0.0734. The molecule has 0 saturated heterocycles. The molecule has 0 aliphatic rings. The van der Waals surface area contributed by atoms with Crippen LogP contribution in [0.3, 0.4) is 0 Å². The highest BCUT2D eigenvalue weighted by atomic mass is 35.5. The molecule has 0 radical (unpaired) electrons. The minimum atomic E-state index is -0.198. The Bertz CT molecular complexity index is 690. The fourth-order valence-corrected chi connectivity index (χ4v) is 2.25. The molecule has 1 atom stereocenters. The molecule has 0 bridgehead atoms. The molecule has 1 N–H and O–H groups in total. The van der Waals surface area contributed by atoms with Gasteiger partial charge < -0.3 is 10.1 Å². The van der Waals surface area contributed by atoms with Crippen molar-refractivity contribution in [3.05, 3.63) is 64.7 Å². The third-order valence-electron chi connectivity index (χ3n) is 3.37. The first-order valence-electron chi connectivity index (χ1n) is 7.30. The first-order valence-corrected chi connectivity index (χ1v) is 7.68. The number of hydrogen-bond donors (Lipinski definition) is 1. The summed E-state index contributed by atoms with van der Waals surface area (Å²) in [6.07, 6.45) is 0.768. The normalized spacial score (nSPS) is 11.3. The number of nitrogens with zero attached hydrogens (tertiary/aromatic N) is 1. The van der Waals surface area contributed by atoms with Crippen molar-refractivity contribution in [1.82, 2.24) is 5.32 Å². The zero-order valence-electron chi connectivity index (χ0n) is 12.8. The van der Waals surface area contributed by atoms with Crippen LogP contribution in [0.1, 0.15) is 30.5 Å². The molecule has 23 heavy (non-hydrogen) atoms. The second kappa shape index (κ2) is 8.21. The summed E-state index contributed by atoms with van der Waals surface area (Å²) in [5, 5.41) is 12.3. The molecule has 1 unspecified atom stereocenters. The lowest BCUT2D eigenvalue weighted by molar-refractivity contribution is -0.123. The van der Waals surface area contributed by atoms with E-state index in [-0.39, 0.29) is 18.6 Å². The Balaban J connectivity index is 1.89. The maximum absolute atomic E-state index is 12.0. The maximum Gasteiger partial charge on any atom is 0.258 e. The summed E-state index contributed by atoms with van der Waals surface area (Å²) >= 11 is 5.88. The van der Waals surface area contributed by atoms with Crippen molar-refractivity contribution >= 4 is 17.5 Å². The van der Waals surface area contributed by atoms with Crippen molar-refractivity contribution in [2.75, 3.05) is 6.61 Å². The van der Waals surface area contributed by atoms with Crippen LogP contribution >= 0.6 is 11.6 Å². The lowest BCUT2D eigenvalue weighted by Gasteiger charge is -2.17. The molecule has 0 aliphatic carbocycles. The Kier molecular flexibility index (Phi) is 6.02. The monoisotopic (exact) mass is 328 g/mol. The van der Waals surface area contributed by atoms with E-state index in [2.05, 4.69) is 5.32 Å². The van der Waals surface area contributed by atoms with Crippen LogP contribution in [0.15, 0.2) is 48.5 Å². The molecule has 0 aromatic heterocycles. The number of benzene rings is 2. The fourth-order valence-electron chi connectivity index (χ4n) is 2.13. The second-order valence-corrected chi connectivity index (χ2v) is 5.44. The van der Waals surface area contributed by atoms with E-state index >= 15 is 0 Å². The van der Waals surface area contributed by atoms with Crippen LogP contribution in [-0.2, 0) is 4.79 Å². The van der Waals surface area contributed by atoms with E-state index in [1.807, 2.05) is 25.1 Å². The van der Waals surface area contributed by atoms with E-state index in [9.17, 15) is 4.79 Å². The average Bonchev–Trinajstić information content (AvgIpc) is 2.59. The summed E-state index contributed by atoms with van der Waals surface area (Å²) in [4.78, 5) is 12.0. The van der Waals surface area contributed by atoms with Gasteiger partial charge in [-0.15, -0.1) is 0 Å². The number of amides is 1. The molecule has 4 nitrogen and oxygen atoms in total. The van der Waals surface area contributed by atoms with Crippen LogP contribution in [0.5, 0.6) is 5.75 Å². The average molecular weight is 329 g/mol. The van der Waals surface area contributed by atoms with Crippen molar-refractivity contribution in [2.45, 2.75) is 19.4 Å². The van der Waals surface area contributed by atoms with Crippen LogP contribution in [-0.4, -0.2) is 12.5 Å². The van der Waals surface area contributed by atoms with E-state index in [1.165, 1.54) is 0 Å². The van der Waals surface area contributed by atoms with Crippen molar-refractivity contribution in [3.63, 3.8) is 0 Å². The summed E-state index contributed by atoms with van der Waals surface area (Å²) in [7, 11) is 0. The molecule has 0 spiro atoms. The minimum Gasteiger partial charge on any atom is -0.484 e. The smallest absolute Gasteiger partial charge is 0.258 e. The molecule has 2 aromatic carbocycles. The van der Waals surface area contributed by atoms with Gasteiger partial charge in [0.25, 0.3) is 5.91 Å². The zero-order valence-corrected chi connectivity index (χ0v) is 13.5. The molecule has 5 heteroatoms. The van der Waals surface area contributed by atoms with Gasteiger partial charge in [-0.05, 0) is 48.4 Å². The number of nitriles is 1. The van der Waals surface area contributed by atoms with Gasteiger partial charge in [0.1, 0.15) is 5.75 Å². The van der Waals surface area contributed by atoms with Crippen LogP contribution in [0.2, 0.25) is 5.02 Å². The van der Waals surface area contributed by atoms with Crippen LogP contribution in [0.4, 0.5) is 0 Å². The van der Waals surface area contributed by atoms with E-state index in [4.69, 9.17) is 21.6 Å². The summed E-state index contributed by atoms with van der Waals surface area (Å²) < 4.78 is 5.43. The van der Waals surface area contributed by atoms with Crippen molar-refractivity contribution < 1.29 is 9.53 Å². The fraction of sp³-hybridized carbons (Fsp3) is 0.222. The number of ether oxygens (including phenoxy) is 1. The highest BCUT2D eigenvalue weighted by molar-refractivity contribution is 6.30. The van der Waals surface area contributed by atoms with Gasteiger partial charge in [0.15, 0.2) is 6.61 Å². The van der Waals surface area contributed by atoms with Crippen LogP contribution < -0.4 is 10.1 Å². The SMILES string of the molecule is CCC(NC(=O)COc1ccc(C#N)cc1)c1ccc(Cl)cc1. The number of nitrogens with one attached hydrogen (secondary N) is 1. The van der Waals surface area contributed by atoms with Gasteiger partial charge in [0.05, 0.1) is 17.7 Å².